The second-order valence-electron chi connectivity index (χ2n) is 20.8. The minimum Gasteiger partial charge on any atom is -0.342 e. The van der Waals surface area contributed by atoms with Gasteiger partial charge in [-0.25, -0.2) is 0 Å². The highest BCUT2D eigenvalue weighted by Gasteiger charge is 2.27. The number of Topliss-reactive ketones (excluding diaryl/α,β-unsaturated/α-hetero) is 8. The van der Waals surface area contributed by atoms with Crippen LogP contribution in [0.5, 0.6) is 0 Å². The topological polar surface area (TPSA) is 279 Å². The molecule has 0 saturated heterocycles. The van der Waals surface area contributed by atoms with Gasteiger partial charge in [0.1, 0.15) is 46.3 Å². The Morgan fingerprint density at radius 1 is 0.235 bits per heavy atom. The number of ketones is 8. The van der Waals surface area contributed by atoms with Gasteiger partial charge < -0.3 is 34.3 Å². The van der Waals surface area contributed by atoms with E-state index in [4.69, 9.17) is 0 Å². The Bertz CT molecular complexity index is 1910. The Hall–Kier alpha value is -6.26. The SMILES string of the molecule is CCC(=O)CCN(CCC(=O)CC)C(=O)CCN(CCC(=O)N(CCC(=O)CC)CCC(=O)CC)C(=O)CCN(CCC(=O)N(CCC(=O)N(CCC(=O)CC)CCC(=O)CC)CCC(=O)N(CCC(=O)CC)CCC(=O)CC)C(=O)C=CSC. The maximum Gasteiger partial charge on any atom is 0.247 e. The molecule has 0 rings (SSSR count). The van der Waals surface area contributed by atoms with Crippen molar-refractivity contribution in [1.82, 2.24) is 34.3 Å². The smallest absolute Gasteiger partial charge is 0.247 e. The number of rotatable bonds is 52. The minimum absolute atomic E-state index is 0.0575. The van der Waals surface area contributed by atoms with Crippen LogP contribution in [0, 0.1) is 0 Å². The lowest BCUT2D eigenvalue weighted by Gasteiger charge is -2.29. The van der Waals surface area contributed by atoms with E-state index in [0.717, 1.165) is 0 Å². The second kappa shape index (κ2) is 47.0. The van der Waals surface area contributed by atoms with Gasteiger partial charge in [0.2, 0.25) is 41.4 Å². The number of amides is 7. The van der Waals surface area contributed by atoms with Crippen molar-refractivity contribution in [2.75, 3.05) is 97.9 Å². The Morgan fingerprint density at radius 2 is 0.376 bits per heavy atom. The van der Waals surface area contributed by atoms with Crippen LogP contribution in [0.4, 0.5) is 0 Å². The van der Waals surface area contributed by atoms with Gasteiger partial charge in [-0.2, -0.15) is 0 Å². The summed E-state index contributed by atoms with van der Waals surface area (Å²) in [6, 6.07) is 0. The molecule has 85 heavy (non-hydrogen) atoms. The molecule has 0 aliphatic heterocycles. The minimum atomic E-state index is -0.559. The average Bonchev–Trinajstić information content (AvgIpc) is 3.55. The predicted octanol–water partition coefficient (Wildman–Crippen LogP) is 5.96. The first kappa shape index (κ1) is 78.7. The molecule has 480 valence electrons. The number of carbonyl (C=O) groups is 15. The summed E-state index contributed by atoms with van der Waals surface area (Å²) in [5.41, 5.74) is 0. The number of thioether (sulfide) groups is 1. The Labute approximate surface area is 509 Å². The quantitative estimate of drug-likeness (QED) is 0.0636. The molecule has 22 nitrogen and oxygen atoms in total. The molecule has 7 amide bonds. The summed E-state index contributed by atoms with van der Waals surface area (Å²) in [6.07, 6.45) is 3.89. The van der Waals surface area contributed by atoms with Crippen molar-refractivity contribution in [3.63, 3.8) is 0 Å². The van der Waals surface area contributed by atoms with E-state index in [-0.39, 0.29) is 279 Å². The molecule has 0 bridgehead atoms. The van der Waals surface area contributed by atoms with E-state index >= 15 is 0 Å². The fourth-order valence-electron chi connectivity index (χ4n) is 8.55. The third kappa shape index (κ3) is 35.7. The molecule has 0 aromatic carbocycles. The summed E-state index contributed by atoms with van der Waals surface area (Å²) >= 11 is 1.23. The largest absolute Gasteiger partial charge is 0.342 e. The van der Waals surface area contributed by atoms with Crippen molar-refractivity contribution < 1.29 is 71.9 Å². The zero-order valence-corrected chi connectivity index (χ0v) is 53.6. The van der Waals surface area contributed by atoms with Crippen LogP contribution < -0.4 is 0 Å². The lowest BCUT2D eigenvalue weighted by molar-refractivity contribution is -0.138. The molecule has 0 unspecified atom stereocenters. The van der Waals surface area contributed by atoms with Gasteiger partial charge in [0.25, 0.3) is 0 Å². The van der Waals surface area contributed by atoms with E-state index in [2.05, 4.69) is 0 Å². The van der Waals surface area contributed by atoms with Crippen molar-refractivity contribution >= 4 is 99.4 Å². The van der Waals surface area contributed by atoms with E-state index in [1.165, 1.54) is 57.5 Å². The molecule has 23 heteroatoms. The van der Waals surface area contributed by atoms with E-state index in [1.807, 2.05) is 0 Å². The van der Waals surface area contributed by atoms with Crippen molar-refractivity contribution in [3.8, 4) is 0 Å². The van der Waals surface area contributed by atoms with Gasteiger partial charge in [0.05, 0.1) is 0 Å². The first-order valence-corrected chi connectivity index (χ1v) is 32.0. The third-order valence-corrected chi connectivity index (χ3v) is 15.2. The Kier molecular flexibility index (Phi) is 43.5. The molecule has 0 fully saturated rings. The molecule has 0 aliphatic carbocycles. The van der Waals surface area contributed by atoms with Crippen molar-refractivity contribution in [3.05, 3.63) is 11.5 Å². The molecule has 0 aromatic rings. The van der Waals surface area contributed by atoms with Crippen molar-refractivity contribution in [1.29, 1.82) is 0 Å². The Morgan fingerprint density at radius 3 is 0.518 bits per heavy atom. The highest BCUT2D eigenvalue weighted by atomic mass is 32.2. The summed E-state index contributed by atoms with van der Waals surface area (Å²) in [7, 11) is 0. The summed E-state index contributed by atoms with van der Waals surface area (Å²) in [6.45, 7) is 12.8. The van der Waals surface area contributed by atoms with Crippen LogP contribution in [0.3, 0.4) is 0 Å². The lowest BCUT2D eigenvalue weighted by Crippen LogP contribution is -2.43. The summed E-state index contributed by atoms with van der Waals surface area (Å²) < 4.78 is 0. The normalized spacial score (nSPS) is 10.9. The van der Waals surface area contributed by atoms with Crippen molar-refractivity contribution in [2.45, 2.75) is 197 Å². The molecule has 0 heterocycles. The van der Waals surface area contributed by atoms with Gasteiger partial charge in [-0.1, -0.05) is 55.4 Å². The molecule has 0 radical (unpaired) electrons. The van der Waals surface area contributed by atoms with Crippen LogP contribution in [0.2, 0.25) is 0 Å². The molecule has 0 atom stereocenters. The lowest BCUT2D eigenvalue weighted by atomic mass is 10.1. The predicted molar refractivity (Wildman–Crippen MR) is 326 cm³/mol. The van der Waals surface area contributed by atoms with Gasteiger partial charge in [-0.15, -0.1) is 11.8 Å². The van der Waals surface area contributed by atoms with Crippen LogP contribution in [-0.4, -0.2) is 220 Å². The zero-order chi connectivity index (χ0) is 64.3. The highest BCUT2D eigenvalue weighted by molar-refractivity contribution is 8.01. The molecule has 0 aromatic heterocycles. The van der Waals surface area contributed by atoms with Crippen LogP contribution in [0.25, 0.3) is 0 Å². The molecule has 0 aliphatic rings. The van der Waals surface area contributed by atoms with Gasteiger partial charge >= 0.3 is 0 Å². The summed E-state index contributed by atoms with van der Waals surface area (Å²) in [4.78, 5) is 206. The van der Waals surface area contributed by atoms with Crippen LogP contribution >= 0.6 is 11.8 Å². The number of hydrogen-bond donors (Lipinski definition) is 0. The molecule has 0 saturated carbocycles. The highest BCUT2D eigenvalue weighted by Crippen LogP contribution is 2.13. The van der Waals surface area contributed by atoms with Gasteiger partial charge in [-0.3, -0.25) is 71.9 Å². The first-order chi connectivity index (χ1) is 40.5. The number of nitrogens with zero attached hydrogens (tertiary/aromatic N) is 7. The maximum atomic E-state index is 14.4. The molecular formula is C62H101N7O15S. The van der Waals surface area contributed by atoms with Crippen molar-refractivity contribution in [2.24, 2.45) is 0 Å². The monoisotopic (exact) mass is 1220 g/mol. The Balaban J connectivity index is 7.16. The maximum absolute atomic E-state index is 14.4. The summed E-state index contributed by atoms with van der Waals surface area (Å²) in [5.74, 6) is -4.07. The number of hydrogen-bond acceptors (Lipinski definition) is 16. The van der Waals surface area contributed by atoms with Crippen LogP contribution in [0.1, 0.15) is 197 Å². The zero-order valence-electron chi connectivity index (χ0n) is 52.8. The summed E-state index contributed by atoms with van der Waals surface area (Å²) in [5, 5.41) is 1.52. The fraction of sp³-hybridized carbons (Fsp3) is 0.726. The molecule has 0 N–H and O–H groups in total. The van der Waals surface area contributed by atoms with Crippen LogP contribution in [-0.2, 0) is 71.9 Å². The van der Waals surface area contributed by atoms with Gasteiger partial charge in [-0.05, 0) is 11.7 Å². The third-order valence-electron chi connectivity index (χ3n) is 14.8. The van der Waals surface area contributed by atoms with E-state index in [0.29, 0.717) is 0 Å². The fourth-order valence-corrected chi connectivity index (χ4v) is 8.81. The van der Waals surface area contributed by atoms with Gasteiger partial charge in [0.15, 0.2) is 0 Å². The van der Waals surface area contributed by atoms with Crippen LogP contribution in [0.15, 0.2) is 11.5 Å². The number of carbonyl (C=O) groups excluding carboxylic acids is 15. The molecule has 0 spiro atoms. The van der Waals surface area contributed by atoms with E-state index in [9.17, 15) is 71.9 Å². The standard InChI is InChI=1S/C62H101N7O15S/c1-10-48(70)18-33-63(34-19-49(71)11-2)56(78)26-41-67(42-27-57(79)64(35-20-50(72)12-3)36-21-51(73)13-4)60(82)30-45-69(62(84)32-47-85-9)46-31-61(83)68(43-28-58(80)65(37-22-52(74)14-5)38-23-53(75)15-6)44-29-59(81)66(39-24-54(76)16-7)40-25-55(77)17-8/h32,47H,10-31,33-46H2,1-9H3. The van der Waals surface area contributed by atoms with E-state index < -0.39 is 41.4 Å². The average molecular weight is 1220 g/mol. The first-order valence-electron chi connectivity index (χ1n) is 30.8. The van der Waals surface area contributed by atoms with E-state index in [1.54, 1.807) is 61.6 Å². The second-order valence-corrected chi connectivity index (χ2v) is 21.5. The van der Waals surface area contributed by atoms with Gasteiger partial charge in [0, 0.05) is 239 Å². The molecular weight excluding hydrogens is 1110 g/mol.